The summed E-state index contributed by atoms with van der Waals surface area (Å²) in [7, 11) is 1.87. The zero-order valence-corrected chi connectivity index (χ0v) is 8.43. The minimum Gasteiger partial charge on any atom is -0.361 e. The van der Waals surface area contributed by atoms with Crippen LogP contribution >= 0.6 is 0 Å². The van der Waals surface area contributed by atoms with Gasteiger partial charge in [-0.1, -0.05) is 30.3 Å². The van der Waals surface area contributed by atoms with Gasteiger partial charge in [-0.25, -0.2) is 0 Å². The highest BCUT2D eigenvalue weighted by molar-refractivity contribution is 5.33. The van der Waals surface area contributed by atoms with Gasteiger partial charge in [0, 0.05) is 13.6 Å². The molecule has 0 aliphatic heterocycles. The molecule has 1 heterocycles. The standard InChI is InChI=1S/C11H12N2O2/c1-13(11-7-10(14)12-15-11)8-9-5-3-2-4-6-9/h2-7H,8H2,1H3,(H,12,14). The molecule has 0 radical (unpaired) electrons. The molecule has 4 heteroatoms. The maximum Gasteiger partial charge on any atom is 0.282 e. The Morgan fingerprint density at radius 3 is 2.67 bits per heavy atom. The topological polar surface area (TPSA) is 49.2 Å². The van der Waals surface area contributed by atoms with Crippen molar-refractivity contribution in [2.45, 2.75) is 6.54 Å². The number of aromatic amines is 1. The summed E-state index contributed by atoms with van der Waals surface area (Å²) >= 11 is 0. The zero-order valence-electron chi connectivity index (χ0n) is 8.43. The van der Waals surface area contributed by atoms with Crippen LogP contribution in [0.2, 0.25) is 0 Å². The van der Waals surface area contributed by atoms with Gasteiger partial charge in [0.25, 0.3) is 5.56 Å². The van der Waals surface area contributed by atoms with Crippen LogP contribution in [0.1, 0.15) is 5.56 Å². The van der Waals surface area contributed by atoms with Crippen molar-refractivity contribution in [1.82, 2.24) is 5.16 Å². The third-order valence-corrected chi connectivity index (χ3v) is 2.15. The summed E-state index contributed by atoms with van der Waals surface area (Å²) in [6.45, 7) is 0.710. The SMILES string of the molecule is CN(Cc1ccccc1)c1cc(=O)[nH]o1. The Morgan fingerprint density at radius 1 is 1.33 bits per heavy atom. The van der Waals surface area contributed by atoms with Crippen LogP contribution in [0.5, 0.6) is 0 Å². The molecule has 2 rings (SSSR count). The lowest BCUT2D eigenvalue weighted by Crippen LogP contribution is -2.15. The van der Waals surface area contributed by atoms with Crippen LogP contribution in [0.25, 0.3) is 0 Å². The number of H-pyrrole nitrogens is 1. The third-order valence-electron chi connectivity index (χ3n) is 2.15. The number of hydrogen-bond donors (Lipinski definition) is 1. The van der Waals surface area contributed by atoms with Crippen LogP contribution in [0.4, 0.5) is 5.88 Å². The fraction of sp³-hybridized carbons (Fsp3) is 0.182. The summed E-state index contributed by atoms with van der Waals surface area (Å²) in [6, 6.07) is 11.4. The Kier molecular flexibility index (Phi) is 2.58. The molecule has 0 aliphatic rings. The van der Waals surface area contributed by atoms with Gasteiger partial charge in [0.1, 0.15) is 0 Å². The van der Waals surface area contributed by atoms with Crippen molar-refractivity contribution in [1.29, 1.82) is 0 Å². The Bertz CT molecular complexity index is 473. The molecular weight excluding hydrogens is 192 g/mol. The first-order valence-electron chi connectivity index (χ1n) is 4.69. The summed E-state index contributed by atoms with van der Waals surface area (Å²) in [5.41, 5.74) is 0.953. The van der Waals surface area contributed by atoms with Gasteiger partial charge in [-0.05, 0) is 5.56 Å². The molecule has 0 unspecified atom stereocenters. The largest absolute Gasteiger partial charge is 0.361 e. The van der Waals surface area contributed by atoms with E-state index in [1.165, 1.54) is 11.6 Å². The summed E-state index contributed by atoms with van der Waals surface area (Å²) < 4.78 is 4.99. The number of nitrogens with zero attached hydrogens (tertiary/aromatic N) is 1. The van der Waals surface area contributed by atoms with Crippen molar-refractivity contribution < 1.29 is 4.52 Å². The minimum absolute atomic E-state index is 0.218. The number of hydrogen-bond acceptors (Lipinski definition) is 3. The van der Waals surface area contributed by atoms with Gasteiger partial charge in [-0.2, -0.15) is 5.16 Å². The molecule has 1 aromatic heterocycles. The Morgan fingerprint density at radius 2 is 2.07 bits per heavy atom. The number of rotatable bonds is 3. The van der Waals surface area contributed by atoms with E-state index < -0.39 is 0 Å². The maximum absolute atomic E-state index is 10.9. The fourth-order valence-corrected chi connectivity index (χ4v) is 1.40. The molecule has 15 heavy (non-hydrogen) atoms. The van der Waals surface area contributed by atoms with E-state index in [0.29, 0.717) is 12.4 Å². The lowest BCUT2D eigenvalue weighted by molar-refractivity contribution is 0.413. The summed E-state index contributed by atoms with van der Waals surface area (Å²) in [6.07, 6.45) is 0. The first kappa shape index (κ1) is 9.58. The van der Waals surface area contributed by atoms with E-state index in [4.69, 9.17) is 4.52 Å². The van der Waals surface area contributed by atoms with E-state index in [0.717, 1.165) is 0 Å². The summed E-state index contributed by atoms with van der Waals surface area (Å²) in [4.78, 5) is 12.7. The van der Waals surface area contributed by atoms with Gasteiger partial charge in [0.2, 0.25) is 5.88 Å². The lowest BCUT2D eigenvalue weighted by atomic mass is 10.2. The van der Waals surface area contributed by atoms with Crippen LogP contribution in [-0.4, -0.2) is 12.2 Å². The van der Waals surface area contributed by atoms with E-state index in [-0.39, 0.29) is 5.56 Å². The molecule has 0 bridgehead atoms. The van der Waals surface area contributed by atoms with Crippen LogP contribution in [0, 0.1) is 0 Å². The van der Waals surface area contributed by atoms with Crippen LogP contribution in [-0.2, 0) is 6.54 Å². The minimum atomic E-state index is -0.218. The van der Waals surface area contributed by atoms with Gasteiger partial charge in [-0.15, -0.1) is 0 Å². The monoisotopic (exact) mass is 204 g/mol. The number of nitrogens with one attached hydrogen (secondary N) is 1. The molecule has 0 atom stereocenters. The first-order chi connectivity index (χ1) is 7.25. The number of aromatic nitrogens is 1. The quantitative estimate of drug-likeness (QED) is 0.826. The van der Waals surface area contributed by atoms with Crippen LogP contribution < -0.4 is 10.5 Å². The molecule has 0 amide bonds. The lowest BCUT2D eigenvalue weighted by Gasteiger charge is -2.14. The van der Waals surface area contributed by atoms with Crippen molar-refractivity contribution in [3.63, 3.8) is 0 Å². The molecule has 78 valence electrons. The second-order valence-corrected chi connectivity index (χ2v) is 3.39. The highest BCUT2D eigenvalue weighted by Crippen LogP contribution is 2.11. The van der Waals surface area contributed by atoms with E-state index in [9.17, 15) is 4.79 Å². The average Bonchev–Trinajstić information content (AvgIpc) is 2.66. The number of benzene rings is 1. The van der Waals surface area contributed by atoms with Gasteiger partial charge >= 0.3 is 0 Å². The van der Waals surface area contributed by atoms with Crippen molar-refractivity contribution >= 4 is 5.88 Å². The molecule has 0 aliphatic carbocycles. The summed E-state index contributed by atoms with van der Waals surface area (Å²) in [5.74, 6) is 0.545. The second-order valence-electron chi connectivity index (χ2n) is 3.39. The van der Waals surface area contributed by atoms with Crippen molar-refractivity contribution in [2.24, 2.45) is 0 Å². The first-order valence-corrected chi connectivity index (χ1v) is 4.69. The fourth-order valence-electron chi connectivity index (χ4n) is 1.40. The molecule has 0 saturated carbocycles. The van der Waals surface area contributed by atoms with Crippen molar-refractivity contribution in [3.05, 3.63) is 52.3 Å². The molecular formula is C11H12N2O2. The van der Waals surface area contributed by atoms with Gasteiger partial charge in [-0.3, -0.25) is 4.79 Å². The van der Waals surface area contributed by atoms with Crippen LogP contribution in [0.15, 0.2) is 45.7 Å². The molecule has 4 nitrogen and oxygen atoms in total. The van der Waals surface area contributed by atoms with Crippen LogP contribution in [0.3, 0.4) is 0 Å². The smallest absolute Gasteiger partial charge is 0.282 e. The van der Waals surface area contributed by atoms with Crippen molar-refractivity contribution in [3.8, 4) is 0 Å². The Hall–Kier alpha value is -1.97. The van der Waals surface area contributed by atoms with E-state index in [1.54, 1.807) is 0 Å². The van der Waals surface area contributed by atoms with E-state index >= 15 is 0 Å². The third kappa shape index (κ3) is 2.28. The molecule has 0 spiro atoms. The number of anilines is 1. The normalized spacial score (nSPS) is 10.2. The van der Waals surface area contributed by atoms with E-state index in [2.05, 4.69) is 5.16 Å². The van der Waals surface area contributed by atoms with Crippen molar-refractivity contribution in [2.75, 3.05) is 11.9 Å². The predicted molar refractivity (Wildman–Crippen MR) is 57.9 cm³/mol. The predicted octanol–water partition coefficient (Wildman–Crippen LogP) is 1.60. The zero-order chi connectivity index (χ0) is 10.7. The highest BCUT2D eigenvalue weighted by atomic mass is 16.5. The average molecular weight is 204 g/mol. The second kappa shape index (κ2) is 4.04. The molecule has 2 aromatic rings. The molecule has 0 saturated heterocycles. The maximum atomic E-state index is 10.9. The molecule has 1 aromatic carbocycles. The molecule has 0 fully saturated rings. The van der Waals surface area contributed by atoms with Gasteiger partial charge in [0.05, 0.1) is 6.07 Å². The Labute approximate surface area is 87.1 Å². The summed E-state index contributed by atoms with van der Waals surface area (Å²) in [5, 5.41) is 2.26. The van der Waals surface area contributed by atoms with Gasteiger partial charge < -0.3 is 9.42 Å². The molecule has 1 N–H and O–H groups in total. The highest BCUT2D eigenvalue weighted by Gasteiger charge is 2.06. The van der Waals surface area contributed by atoms with Gasteiger partial charge in [0.15, 0.2) is 0 Å². The van der Waals surface area contributed by atoms with E-state index in [1.807, 2.05) is 42.3 Å². The Balaban J connectivity index is 2.10.